The number of benzene rings is 2. The van der Waals surface area contributed by atoms with E-state index in [4.69, 9.17) is 0 Å². The average molecular weight is 412 g/mol. The van der Waals surface area contributed by atoms with Crippen LogP contribution in [-0.4, -0.2) is 30.9 Å². The van der Waals surface area contributed by atoms with Gasteiger partial charge in [0.05, 0.1) is 5.56 Å². The van der Waals surface area contributed by atoms with Crippen LogP contribution >= 0.6 is 0 Å². The quantitative estimate of drug-likeness (QED) is 0.541. The Morgan fingerprint density at radius 2 is 1.59 bits per heavy atom. The Kier molecular flexibility index (Phi) is 7.29. The number of rotatable bonds is 7. The van der Waals surface area contributed by atoms with E-state index in [0.29, 0.717) is 0 Å². The molecule has 2 aromatic carbocycles. The zero-order valence-electron chi connectivity index (χ0n) is 14.9. The third-order valence-corrected chi connectivity index (χ3v) is 3.67. The average Bonchev–Trinajstić information content (AvgIpc) is 2.69. The first-order valence-corrected chi connectivity index (χ1v) is 8.28. The summed E-state index contributed by atoms with van der Waals surface area (Å²) in [6, 6.07) is 9.25. The number of alkyl halides is 3. The normalized spacial score (nSPS) is 10.9. The van der Waals surface area contributed by atoms with Crippen molar-refractivity contribution in [3.8, 4) is 0 Å². The summed E-state index contributed by atoms with van der Waals surface area (Å²) in [4.78, 5) is 35.0. The maximum Gasteiger partial charge on any atom is 0.416 e. The minimum atomic E-state index is -4.52. The minimum absolute atomic E-state index is 0.0755. The minimum Gasteiger partial charge on any atom is -0.454 e. The summed E-state index contributed by atoms with van der Waals surface area (Å²) in [5, 5.41) is 4.54. The number of halogens is 4. The van der Waals surface area contributed by atoms with Crippen molar-refractivity contribution < 1.29 is 36.7 Å². The van der Waals surface area contributed by atoms with Crippen LogP contribution in [-0.2, 0) is 27.0 Å². The molecule has 29 heavy (non-hydrogen) atoms. The van der Waals surface area contributed by atoms with E-state index in [0.717, 1.165) is 24.3 Å². The number of hydrogen-bond donors (Lipinski definition) is 2. The summed E-state index contributed by atoms with van der Waals surface area (Å²) in [5.41, 5.74) is -0.723. The Morgan fingerprint density at radius 1 is 0.931 bits per heavy atom. The smallest absolute Gasteiger partial charge is 0.416 e. The molecule has 6 nitrogen and oxygen atoms in total. The Balaban J connectivity index is 1.71. The summed E-state index contributed by atoms with van der Waals surface area (Å²) in [6.07, 6.45) is -4.52. The van der Waals surface area contributed by atoms with Crippen molar-refractivity contribution >= 4 is 17.8 Å². The van der Waals surface area contributed by atoms with Crippen LogP contribution < -0.4 is 10.6 Å². The molecule has 0 aliphatic heterocycles. The van der Waals surface area contributed by atoms with E-state index < -0.39 is 48.5 Å². The van der Waals surface area contributed by atoms with Crippen LogP contribution in [0.5, 0.6) is 0 Å². The van der Waals surface area contributed by atoms with Gasteiger partial charge in [-0.1, -0.05) is 18.2 Å². The van der Waals surface area contributed by atoms with E-state index in [2.05, 4.69) is 15.4 Å². The highest BCUT2D eigenvalue weighted by Crippen LogP contribution is 2.29. The SMILES string of the molecule is O=C(COC(=O)CNC(=O)c1ccc(C(F)(F)F)cc1)NCc1ccccc1F. The lowest BCUT2D eigenvalue weighted by molar-refractivity contribution is -0.147. The van der Waals surface area contributed by atoms with Crippen molar-refractivity contribution in [2.24, 2.45) is 0 Å². The number of ether oxygens (including phenoxy) is 1. The first-order chi connectivity index (χ1) is 13.7. The largest absolute Gasteiger partial charge is 0.454 e. The van der Waals surface area contributed by atoms with Crippen LogP contribution in [0.2, 0.25) is 0 Å². The second-order valence-electron chi connectivity index (χ2n) is 5.79. The first kappa shape index (κ1) is 21.9. The van der Waals surface area contributed by atoms with Crippen molar-refractivity contribution in [3.05, 3.63) is 71.0 Å². The van der Waals surface area contributed by atoms with Gasteiger partial charge in [0.25, 0.3) is 11.8 Å². The van der Waals surface area contributed by atoms with Gasteiger partial charge in [-0.05, 0) is 30.3 Å². The fourth-order valence-corrected chi connectivity index (χ4v) is 2.15. The van der Waals surface area contributed by atoms with Crippen LogP contribution in [0.3, 0.4) is 0 Å². The molecule has 0 heterocycles. The molecule has 0 bridgehead atoms. The first-order valence-electron chi connectivity index (χ1n) is 8.28. The van der Waals surface area contributed by atoms with Gasteiger partial charge in [0.15, 0.2) is 6.61 Å². The molecule has 0 saturated heterocycles. The van der Waals surface area contributed by atoms with Crippen molar-refractivity contribution in [1.82, 2.24) is 10.6 Å². The van der Waals surface area contributed by atoms with E-state index in [-0.39, 0.29) is 17.7 Å². The second kappa shape index (κ2) is 9.67. The lowest BCUT2D eigenvalue weighted by Crippen LogP contribution is -2.33. The van der Waals surface area contributed by atoms with Gasteiger partial charge in [0.2, 0.25) is 0 Å². The molecule has 2 amide bonds. The summed E-state index contributed by atoms with van der Waals surface area (Å²) in [6.45, 7) is -1.31. The highest BCUT2D eigenvalue weighted by Gasteiger charge is 2.30. The van der Waals surface area contributed by atoms with Gasteiger partial charge in [-0.2, -0.15) is 13.2 Å². The third kappa shape index (κ3) is 6.91. The Morgan fingerprint density at radius 3 is 2.21 bits per heavy atom. The third-order valence-electron chi connectivity index (χ3n) is 3.67. The predicted octanol–water partition coefficient (Wildman–Crippen LogP) is 2.43. The molecule has 0 aromatic heterocycles. The highest BCUT2D eigenvalue weighted by atomic mass is 19.4. The molecule has 2 N–H and O–H groups in total. The van der Waals surface area contributed by atoms with Crippen LogP contribution in [0.1, 0.15) is 21.5 Å². The zero-order chi connectivity index (χ0) is 21.4. The van der Waals surface area contributed by atoms with Crippen LogP contribution in [0.4, 0.5) is 17.6 Å². The maximum absolute atomic E-state index is 13.4. The Bertz CT molecular complexity index is 883. The standard InChI is InChI=1S/C19H16F4N2O4/c20-15-4-2-1-3-13(15)9-24-16(26)11-29-17(27)10-25-18(28)12-5-7-14(8-6-12)19(21,22)23/h1-8H,9-11H2,(H,24,26)(H,25,28). The zero-order valence-corrected chi connectivity index (χ0v) is 14.9. The topological polar surface area (TPSA) is 84.5 Å². The molecule has 0 aliphatic rings. The summed E-state index contributed by atoms with van der Waals surface area (Å²) < 4.78 is 55.5. The number of hydrogen-bond acceptors (Lipinski definition) is 4. The van der Waals surface area contributed by atoms with Crippen LogP contribution in [0.25, 0.3) is 0 Å². The lowest BCUT2D eigenvalue weighted by atomic mass is 10.1. The van der Waals surface area contributed by atoms with Gasteiger partial charge in [0, 0.05) is 17.7 Å². The fraction of sp³-hybridized carbons (Fsp3) is 0.211. The monoisotopic (exact) mass is 412 g/mol. The van der Waals surface area contributed by atoms with Gasteiger partial charge < -0.3 is 15.4 Å². The molecule has 154 valence electrons. The summed E-state index contributed by atoms with van der Waals surface area (Å²) in [7, 11) is 0. The highest BCUT2D eigenvalue weighted by molar-refractivity contribution is 5.96. The van der Waals surface area contributed by atoms with Gasteiger partial charge in [-0.3, -0.25) is 14.4 Å². The lowest BCUT2D eigenvalue weighted by Gasteiger charge is -2.09. The van der Waals surface area contributed by atoms with E-state index in [1.165, 1.54) is 18.2 Å². The predicted molar refractivity (Wildman–Crippen MR) is 93.0 cm³/mol. The summed E-state index contributed by atoms with van der Waals surface area (Å²) in [5.74, 6) is -2.86. The number of carbonyl (C=O) groups is 3. The molecule has 0 radical (unpaired) electrons. The molecule has 0 aliphatic carbocycles. The summed E-state index contributed by atoms with van der Waals surface area (Å²) >= 11 is 0. The molecule has 0 atom stereocenters. The number of nitrogens with one attached hydrogen (secondary N) is 2. The van der Waals surface area contributed by atoms with Crippen LogP contribution in [0.15, 0.2) is 48.5 Å². The molecule has 10 heteroatoms. The van der Waals surface area contributed by atoms with Crippen molar-refractivity contribution in [1.29, 1.82) is 0 Å². The van der Waals surface area contributed by atoms with E-state index in [1.54, 1.807) is 6.07 Å². The van der Waals surface area contributed by atoms with Crippen molar-refractivity contribution in [2.45, 2.75) is 12.7 Å². The molecular formula is C19H16F4N2O4. The Labute approximate surface area is 162 Å². The number of esters is 1. The van der Waals surface area contributed by atoms with Gasteiger partial charge >= 0.3 is 12.1 Å². The molecule has 0 fully saturated rings. The van der Waals surface area contributed by atoms with E-state index in [1.807, 2.05) is 0 Å². The second-order valence-corrected chi connectivity index (χ2v) is 5.79. The van der Waals surface area contributed by atoms with E-state index in [9.17, 15) is 31.9 Å². The number of carbonyl (C=O) groups excluding carboxylic acids is 3. The van der Waals surface area contributed by atoms with Gasteiger partial charge in [0.1, 0.15) is 12.4 Å². The molecular weight excluding hydrogens is 396 g/mol. The molecule has 2 aromatic rings. The molecule has 0 unspecified atom stereocenters. The van der Waals surface area contributed by atoms with Crippen LogP contribution in [0, 0.1) is 5.82 Å². The van der Waals surface area contributed by atoms with E-state index >= 15 is 0 Å². The Hall–Kier alpha value is -3.43. The van der Waals surface area contributed by atoms with Crippen molar-refractivity contribution in [3.63, 3.8) is 0 Å². The number of amides is 2. The maximum atomic E-state index is 13.4. The molecule has 0 saturated carbocycles. The van der Waals surface area contributed by atoms with Gasteiger partial charge in [-0.25, -0.2) is 4.39 Å². The van der Waals surface area contributed by atoms with Crippen molar-refractivity contribution in [2.75, 3.05) is 13.2 Å². The van der Waals surface area contributed by atoms with Gasteiger partial charge in [-0.15, -0.1) is 0 Å². The molecule has 2 rings (SSSR count). The molecule has 0 spiro atoms. The fourth-order valence-electron chi connectivity index (χ4n) is 2.15.